The smallest absolute Gasteiger partial charge is 0.325 e. The fraction of sp³-hybridized carbons (Fsp3) is 0.160. The van der Waals surface area contributed by atoms with Crippen molar-refractivity contribution in [3.8, 4) is 11.5 Å². The molecular weight excluding hydrogens is 424 g/mol. The van der Waals surface area contributed by atoms with Crippen molar-refractivity contribution in [2.75, 3.05) is 25.6 Å². The fourth-order valence-corrected chi connectivity index (χ4v) is 2.77. The topological polar surface area (TPSA) is 103 Å². The minimum absolute atomic E-state index is 0.356. The molecule has 0 saturated carbocycles. The Morgan fingerprint density at radius 1 is 0.818 bits per heavy atom. The van der Waals surface area contributed by atoms with Crippen LogP contribution in [0.25, 0.3) is 0 Å². The van der Waals surface area contributed by atoms with E-state index >= 15 is 0 Å². The molecule has 0 aliphatic heterocycles. The summed E-state index contributed by atoms with van der Waals surface area (Å²) in [7, 11) is 1.53. The van der Waals surface area contributed by atoms with Gasteiger partial charge in [-0.3, -0.25) is 14.4 Å². The molecule has 0 radical (unpaired) electrons. The molecule has 8 heteroatoms. The van der Waals surface area contributed by atoms with E-state index in [1.807, 2.05) is 30.3 Å². The maximum atomic E-state index is 12.0. The second-order valence-electron chi connectivity index (χ2n) is 6.92. The van der Waals surface area contributed by atoms with Crippen molar-refractivity contribution in [2.45, 2.75) is 6.61 Å². The summed E-state index contributed by atoms with van der Waals surface area (Å²) in [5.74, 6) is -0.379. The van der Waals surface area contributed by atoms with E-state index in [9.17, 15) is 14.4 Å². The summed E-state index contributed by atoms with van der Waals surface area (Å²) in [6, 6.07) is 23.0. The van der Waals surface area contributed by atoms with E-state index in [0.717, 1.165) is 5.56 Å². The van der Waals surface area contributed by atoms with Crippen LogP contribution in [0.2, 0.25) is 0 Å². The maximum absolute atomic E-state index is 12.0. The van der Waals surface area contributed by atoms with E-state index in [0.29, 0.717) is 29.4 Å². The maximum Gasteiger partial charge on any atom is 0.325 e. The summed E-state index contributed by atoms with van der Waals surface area (Å²) in [5.41, 5.74) is 1.96. The van der Waals surface area contributed by atoms with E-state index < -0.39 is 24.4 Å². The molecule has 0 unspecified atom stereocenters. The molecule has 0 bridgehead atoms. The zero-order valence-electron chi connectivity index (χ0n) is 18.1. The molecular formula is C25H24N2O6. The molecule has 2 amide bonds. The third-order valence-electron chi connectivity index (χ3n) is 4.50. The number of rotatable bonds is 10. The van der Waals surface area contributed by atoms with Gasteiger partial charge in [-0.15, -0.1) is 0 Å². The highest BCUT2D eigenvalue weighted by molar-refractivity contribution is 5.96. The van der Waals surface area contributed by atoms with Gasteiger partial charge in [-0.05, 0) is 54.1 Å². The van der Waals surface area contributed by atoms with Gasteiger partial charge < -0.3 is 24.8 Å². The molecule has 3 aromatic rings. The first-order valence-electron chi connectivity index (χ1n) is 10.2. The second-order valence-corrected chi connectivity index (χ2v) is 6.92. The third kappa shape index (κ3) is 7.70. The lowest BCUT2D eigenvalue weighted by molar-refractivity contribution is -0.146. The summed E-state index contributed by atoms with van der Waals surface area (Å²) in [5, 5.41) is 5.07. The minimum Gasteiger partial charge on any atom is -0.497 e. The Labute approximate surface area is 191 Å². The van der Waals surface area contributed by atoms with Gasteiger partial charge in [0.2, 0.25) is 0 Å². The Balaban J connectivity index is 1.36. The first-order valence-corrected chi connectivity index (χ1v) is 10.2. The average Bonchev–Trinajstić information content (AvgIpc) is 2.86. The average molecular weight is 448 g/mol. The Morgan fingerprint density at radius 3 is 2.15 bits per heavy atom. The van der Waals surface area contributed by atoms with Gasteiger partial charge >= 0.3 is 5.97 Å². The molecule has 2 N–H and O–H groups in total. The number of amides is 2. The number of methoxy groups -OCH3 is 1. The summed E-state index contributed by atoms with van der Waals surface area (Å²) in [4.78, 5) is 35.9. The quantitative estimate of drug-likeness (QED) is 0.462. The molecule has 33 heavy (non-hydrogen) atoms. The molecule has 170 valence electrons. The number of carbonyl (C=O) groups is 3. The molecule has 0 atom stereocenters. The Bertz CT molecular complexity index is 1070. The lowest BCUT2D eigenvalue weighted by atomic mass is 10.2. The van der Waals surface area contributed by atoms with E-state index in [2.05, 4.69) is 10.6 Å². The third-order valence-corrected chi connectivity index (χ3v) is 4.50. The van der Waals surface area contributed by atoms with Gasteiger partial charge in [0.1, 0.15) is 24.7 Å². The van der Waals surface area contributed by atoms with Crippen LogP contribution >= 0.6 is 0 Å². The van der Waals surface area contributed by atoms with Crippen LogP contribution in [-0.2, 0) is 20.9 Å². The molecule has 8 nitrogen and oxygen atoms in total. The lowest BCUT2D eigenvalue weighted by Crippen LogP contribution is -2.32. The summed E-state index contributed by atoms with van der Waals surface area (Å²) < 4.78 is 15.6. The van der Waals surface area contributed by atoms with Gasteiger partial charge in [0.05, 0.1) is 7.11 Å². The molecule has 0 aromatic heterocycles. The lowest BCUT2D eigenvalue weighted by Gasteiger charge is -2.09. The highest BCUT2D eigenvalue weighted by Gasteiger charge is 2.11. The molecule has 0 fully saturated rings. The Hall–Kier alpha value is -4.33. The molecule has 0 saturated heterocycles. The van der Waals surface area contributed by atoms with Crippen molar-refractivity contribution in [3.05, 3.63) is 90.0 Å². The first kappa shape index (κ1) is 23.3. The van der Waals surface area contributed by atoms with Crippen LogP contribution in [0.15, 0.2) is 78.9 Å². The predicted octanol–water partition coefficient (Wildman–Crippen LogP) is 3.19. The zero-order valence-corrected chi connectivity index (χ0v) is 18.1. The van der Waals surface area contributed by atoms with Crippen LogP contribution in [-0.4, -0.2) is 38.0 Å². The first-order chi connectivity index (χ1) is 16.0. The van der Waals surface area contributed by atoms with Crippen LogP contribution < -0.4 is 20.1 Å². The number of esters is 1. The highest BCUT2D eigenvalue weighted by Crippen LogP contribution is 2.17. The van der Waals surface area contributed by atoms with Crippen LogP contribution in [0.5, 0.6) is 11.5 Å². The van der Waals surface area contributed by atoms with Crippen molar-refractivity contribution < 1.29 is 28.6 Å². The van der Waals surface area contributed by atoms with E-state index in [1.54, 1.807) is 48.5 Å². The van der Waals surface area contributed by atoms with Gasteiger partial charge in [0.25, 0.3) is 11.8 Å². The van der Waals surface area contributed by atoms with Crippen molar-refractivity contribution in [1.82, 2.24) is 5.32 Å². The Kier molecular flexibility index (Phi) is 8.41. The molecule has 3 aromatic carbocycles. The second kappa shape index (κ2) is 11.9. The van der Waals surface area contributed by atoms with E-state index in [-0.39, 0.29) is 6.54 Å². The van der Waals surface area contributed by atoms with Crippen molar-refractivity contribution >= 4 is 23.5 Å². The Morgan fingerprint density at radius 2 is 1.48 bits per heavy atom. The SMILES string of the molecule is COc1ccc(C(=O)NCC(=O)OCC(=O)Nc2ccc(OCc3ccccc3)cc2)cc1. The van der Waals surface area contributed by atoms with Crippen LogP contribution in [0.1, 0.15) is 15.9 Å². The number of carbonyl (C=O) groups excluding carboxylic acids is 3. The van der Waals surface area contributed by atoms with Gasteiger partial charge in [-0.25, -0.2) is 0 Å². The number of hydrogen-bond donors (Lipinski definition) is 2. The molecule has 0 heterocycles. The molecule has 0 spiro atoms. The van der Waals surface area contributed by atoms with Gasteiger partial charge in [-0.1, -0.05) is 30.3 Å². The van der Waals surface area contributed by atoms with Crippen molar-refractivity contribution in [1.29, 1.82) is 0 Å². The number of nitrogens with one attached hydrogen (secondary N) is 2. The normalized spacial score (nSPS) is 10.1. The van der Waals surface area contributed by atoms with Gasteiger partial charge in [0.15, 0.2) is 6.61 Å². The molecule has 0 aliphatic carbocycles. The largest absolute Gasteiger partial charge is 0.497 e. The summed E-state index contributed by atoms with van der Waals surface area (Å²) >= 11 is 0. The fourth-order valence-electron chi connectivity index (χ4n) is 2.77. The monoisotopic (exact) mass is 448 g/mol. The predicted molar refractivity (Wildman–Crippen MR) is 122 cm³/mol. The van der Waals surface area contributed by atoms with Crippen LogP contribution in [0.4, 0.5) is 5.69 Å². The van der Waals surface area contributed by atoms with Crippen molar-refractivity contribution in [2.24, 2.45) is 0 Å². The van der Waals surface area contributed by atoms with E-state index in [4.69, 9.17) is 14.2 Å². The van der Waals surface area contributed by atoms with Crippen molar-refractivity contribution in [3.63, 3.8) is 0 Å². The zero-order chi connectivity index (χ0) is 23.5. The summed E-state index contributed by atoms with van der Waals surface area (Å²) in [6.45, 7) is -0.382. The van der Waals surface area contributed by atoms with Gasteiger partial charge in [-0.2, -0.15) is 0 Å². The van der Waals surface area contributed by atoms with Crippen LogP contribution in [0, 0.1) is 0 Å². The number of ether oxygens (including phenoxy) is 3. The number of hydrogen-bond acceptors (Lipinski definition) is 6. The van der Waals surface area contributed by atoms with Gasteiger partial charge in [0, 0.05) is 11.3 Å². The summed E-state index contributed by atoms with van der Waals surface area (Å²) in [6.07, 6.45) is 0. The van der Waals surface area contributed by atoms with Crippen LogP contribution in [0.3, 0.4) is 0 Å². The molecule has 3 rings (SSSR count). The highest BCUT2D eigenvalue weighted by atomic mass is 16.5. The number of anilines is 1. The minimum atomic E-state index is -0.725. The standard InChI is InChI=1S/C25H24N2O6/c1-31-21-11-7-19(8-12-21)25(30)26-15-24(29)33-17-23(28)27-20-9-13-22(14-10-20)32-16-18-5-3-2-4-6-18/h2-14H,15-17H2,1H3,(H,26,30)(H,27,28). The number of benzene rings is 3. The molecule has 0 aliphatic rings. The van der Waals surface area contributed by atoms with E-state index in [1.165, 1.54) is 7.11 Å².